The number of rotatable bonds is 11. The summed E-state index contributed by atoms with van der Waals surface area (Å²) in [6, 6.07) is 10.2. The molecule has 0 aliphatic rings. The van der Waals surface area contributed by atoms with Gasteiger partial charge < -0.3 is 10.6 Å². The summed E-state index contributed by atoms with van der Waals surface area (Å²) in [6.45, 7) is 8.41. The molecule has 2 rings (SSSR count). The lowest BCUT2D eigenvalue weighted by molar-refractivity contribution is -0.121. The molecule has 2 aromatic rings. The Labute approximate surface area is 165 Å². The molecule has 0 bridgehead atoms. The normalized spacial score (nSPS) is 10.8. The molecule has 1 aromatic carbocycles. The van der Waals surface area contributed by atoms with Crippen molar-refractivity contribution in [2.45, 2.75) is 39.8 Å². The van der Waals surface area contributed by atoms with Crippen molar-refractivity contribution in [1.29, 1.82) is 0 Å². The second-order valence-corrected chi connectivity index (χ2v) is 7.21. The Kier molecular flexibility index (Phi) is 9.01. The van der Waals surface area contributed by atoms with E-state index in [1.54, 1.807) is 6.07 Å². The van der Waals surface area contributed by atoms with Crippen molar-refractivity contribution in [2.75, 3.05) is 19.6 Å². The predicted octanol–water partition coefficient (Wildman–Crippen LogP) is 3.42. The van der Waals surface area contributed by atoms with E-state index in [-0.39, 0.29) is 11.8 Å². The zero-order valence-electron chi connectivity index (χ0n) is 16.2. The molecule has 0 saturated heterocycles. The van der Waals surface area contributed by atoms with Crippen LogP contribution in [0, 0.1) is 0 Å². The molecule has 0 spiro atoms. The van der Waals surface area contributed by atoms with Crippen LogP contribution in [0.5, 0.6) is 0 Å². The summed E-state index contributed by atoms with van der Waals surface area (Å²) in [5, 5.41) is 9.45. The first-order valence-corrected chi connectivity index (χ1v) is 10.4. The van der Waals surface area contributed by atoms with Crippen molar-refractivity contribution in [3.05, 3.63) is 57.8 Å². The summed E-state index contributed by atoms with van der Waals surface area (Å²) >= 11 is 1.49. The van der Waals surface area contributed by atoms with Crippen LogP contribution in [0.4, 0.5) is 0 Å². The van der Waals surface area contributed by atoms with Crippen molar-refractivity contribution in [2.24, 2.45) is 0 Å². The summed E-state index contributed by atoms with van der Waals surface area (Å²) in [5.74, 6) is -0.0755. The minimum Gasteiger partial charge on any atom is -0.352 e. The van der Waals surface area contributed by atoms with Crippen LogP contribution in [0.15, 0.2) is 41.1 Å². The Hall–Kier alpha value is -2.18. The first-order valence-electron chi connectivity index (χ1n) is 9.49. The molecule has 0 fully saturated rings. The van der Waals surface area contributed by atoms with Gasteiger partial charge in [0.05, 0.1) is 0 Å². The van der Waals surface area contributed by atoms with E-state index < -0.39 is 0 Å². The van der Waals surface area contributed by atoms with E-state index in [0.717, 1.165) is 25.2 Å². The SMILES string of the molecule is CCN(CC)Cc1ccc(CNC(=O)CCCNC(=O)c2ccsc2)cc1. The minimum atomic E-state index is -0.0820. The number of carbonyl (C=O) groups is 2. The summed E-state index contributed by atoms with van der Waals surface area (Å²) in [6.07, 6.45) is 1.04. The third-order valence-corrected chi connectivity index (χ3v) is 5.15. The molecule has 0 radical (unpaired) electrons. The summed E-state index contributed by atoms with van der Waals surface area (Å²) in [4.78, 5) is 26.1. The van der Waals surface area contributed by atoms with Crippen molar-refractivity contribution in [3.63, 3.8) is 0 Å². The van der Waals surface area contributed by atoms with Gasteiger partial charge in [-0.25, -0.2) is 0 Å². The largest absolute Gasteiger partial charge is 0.352 e. The lowest BCUT2D eigenvalue weighted by Gasteiger charge is -2.18. The van der Waals surface area contributed by atoms with Crippen LogP contribution in [0.2, 0.25) is 0 Å². The van der Waals surface area contributed by atoms with Gasteiger partial charge in [0.15, 0.2) is 0 Å². The maximum absolute atomic E-state index is 12.0. The molecule has 0 saturated carbocycles. The number of amides is 2. The van der Waals surface area contributed by atoms with E-state index in [2.05, 4.69) is 53.6 Å². The molecule has 1 heterocycles. The smallest absolute Gasteiger partial charge is 0.252 e. The third-order valence-electron chi connectivity index (χ3n) is 4.46. The molecule has 2 amide bonds. The molecule has 0 atom stereocenters. The third kappa shape index (κ3) is 7.53. The molecule has 0 unspecified atom stereocenters. The number of benzene rings is 1. The van der Waals surface area contributed by atoms with Gasteiger partial charge in [0, 0.05) is 37.0 Å². The fourth-order valence-corrected chi connectivity index (χ4v) is 3.34. The monoisotopic (exact) mass is 387 g/mol. The topological polar surface area (TPSA) is 61.4 Å². The molecule has 27 heavy (non-hydrogen) atoms. The number of carbonyl (C=O) groups excluding carboxylic acids is 2. The quantitative estimate of drug-likeness (QED) is 0.581. The second kappa shape index (κ2) is 11.5. The average molecular weight is 388 g/mol. The molecule has 0 aliphatic heterocycles. The Bertz CT molecular complexity index is 695. The fourth-order valence-electron chi connectivity index (χ4n) is 2.70. The van der Waals surface area contributed by atoms with Gasteiger partial charge in [-0.2, -0.15) is 11.3 Å². The molecular weight excluding hydrogens is 358 g/mol. The zero-order valence-corrected chi connectivity index (χ0v) is 17.0. The van der Waals surface area contributed by atoms with Gasteiger partial charge in [-0.3, -0.25) is 14.5 Å². The highest BCUT2D eigenvalue weighted by Gasteiger charge is 2.06. The van der Waals surface area contributed by atoms with Gasteiger partial charge in [-0.1, -0.05) is 38.1 Å². The standard InChI is InChI=1S/C21H29N3O2S/c1-3-24(4-2)15-18-9-7-17(8-10-18)14-23-20(25)6-5-12-22-21(26)19-11-13-27-16-19/h7-11,13,16H,3-6,12,14-15H2,1-2H3,(H,22,26)(H,23,25). The zero-order chi connectivity index (χ0) is 19.5. The van der Waals surface area contributed by atoms with Crippen LogP contribution in [-0.4, -0.2) is 36.3 Å². The molecule has 146 valence electrons. The highest BCUT2D eigenvalue weighted by atomic mass is 32.1. The van der Waals surface area contributed by atoms with Gasteiger partial charge in [-0.15, -0.1) is 0 Å². The number of hydrogen-bond acceptors (Lipinski definition) is 4. The van der Waals surface area contributed by atoms with Crippen molar-refractivity contribution in [1.82, 2.24) is 15.5 Å². The lowest BCUT2D eigenvalue weighted by Crippen LogP contribution is -2.27. The van der Waals surface area contributed by atoms with Crippen LogP contribution in [0.25, 0.3) is 0 Å². The van der Waals surface area contributed by atoms with E-state index in [0.29, 0.717) is 31.5 Å². The van der Waals surface area contributed by atoms with E-state index in [1.807, 2.05) is 10.8 Å². The maximum Gasteiger partial charge on any atom is 0.252 e. The first-order chi connectivity index (χ1) is 13.1. The maximum atomic E-state index is 12.0. The number of nitrogens with zero attached hydrogens (tertiary/aromatic N) is 1. The number of thiophene rings is 1. The highest BCUT2D eigenvalue weighted by molar-refractivity contribution is 7.08. The van der Waals surface area contributed by atoms with Crippen LogP contribution in [0.3, 0.4) is 0 Å². The molecule has 1 aromatic heterocycles. The van der Waals surface area contributed by atoms with E-state index in [9.17, 15) is 9.59 Å². The predicted molar refractivity (Wildman–Crippen MR) is 111 cm³/mol. The van der Waals surface area contributed by atoms with Crippen molar-refractivity contribution >= 4 is 23.2 Å². The van der Waals surface area contributed by atoms with Gasteiger partial charge in [-0.05, 0) is 42.1 Å². The van der Waals surface area contributed by atoms with Crippen LogP contribution >= 0.6 is 11.3 Å². The Balaban J connectivity index is 1.63. The molecular formula is C21H29N3O2S. The first kappa shape index (κ1) is 21.1. The minimum absolute atomic E-state index is 0.00648. The second-order valence-electron chi connectivity index (χ2n) is 6.43. The summed E-state index contributed by atoms with van der Waals surface area (Å²) in [5.41, 5.74) is 3.06. The van der Waals surface area contributed by atoms with Gasteiger partial charge in [0.1, 0.15) is 0 Å². The van der Waals surface area contributed by atoms with Crippen molar-refractivity contribution in [3.8, 4) is 0 Å². The van der Waals surface area contributed by atoms with Gasteiger partial charge >= 0.3 is 0 Å². The molecule has 5 nitrogen and oxygen atoms in total. The molecule has 6 heteroatoms. The molecule has 0 aliphatic carbocycles. The van der Waals surface area contributed by atoms with Crippen LogP contribution in [0.1, 0.15) is 48.2 Å². The van der Waals surface area contributed by atoms with E-state index in [4.69, 9.17) is 0 Å². The van der Waals surface area contributed by atoms with Gasteiger partial charge in [0.2, 0.25) is 5.91 Å². The summed E-state index contributed by atoms with van der Waals surface area (Å²) in [7, 11) is 0. The highest BCUT2D eigenvalue weighted by Crippen LogP contribution is 2.08. The van der Waals surface area contributed by atoms with E-state index in [1.165, 1.54) is 16.9 Å². The Morgan fingerprint density at radius 2 is 1.70 bits per heavy atom. The molecule has 2 N–H and O–H groups in total. The van der Waals surface area contributed by atoms with Gasteiger partial charge in [0.25, 0.3) is 5.91 Å². The Morgan fingerprint density at radius 3 is 2.33 bits per heavy atom. The summed E-state index contributed by atoms with van der Waals surface area (Å²) < 4.78 is 0. The fraction of sp³-hybridized carbons (Fsp3) is 0.429. The Morgan fingerprint density at radius 1 is 1.00 bits per heavy atom. The van der Waals surface area contributed by atoms with Crippen molar-refractivity contribution < 1.29 is 9.59 Å². The van der Waals surface area contributed by atoms with E-state index >= 15 is 0 Å². The van der Waals surface area contributed by atoms with Crippen LogP contribution in [-0.2, 0) is 17.9 Å². The lowest BCUT2D eigenvalue weighted by atomic mass is 10.1. The number of nitrogens with one attached hydrogen (secondary N) is 2. The average Bonchev–Trinajstić information content (AvgIpc) is 3.23. The van der Waals surface area contributed by atoms with Crippen LogP contribution < -0.4 is 10.6 Å². The number of hydrogen-bond donors (Lipinski definition) is 2.